The Labute approximate surface area is 125 Å². The fourth-order valence-electron chi connectivity index (χ4n) is 3.51. The van der Waals surface area contributed by atoms with Crippen molar-refractivity contribution in [2.75, 3.05) is 13.1 Å². The number of nitrogens with one attached hydrogen (secondary N) is 1. The van der Waals surface area contributed by atoms with Crippen molar-refractivity contribution in [3.05, 3.63) is 0 Å². The van der Waals surface area contributed by atoms with Gasteiger partial charge in [-0.3, -0.25) is 4.79 Å². The molecule has 2 aliphatic rings. The summed E-state index contributed by atoms with van der Waals surface area (Å²) in [6, 6.07) is -0.153. The lowest BCUT2D eigenvalue weighted by molar-refractivity contribution is -0.139. The Morgan fingerprint density at radius 3 is 2.29 bits per heavy atom. The van der Waals surface area contributed by atoms with Crippen LogP contribution in [0.3, 0.4) is 0 Å². The van der Waals surface area contributed by atoms with Gasteiger partial charge in [0, 0.05) is 13.1 Å². The van der Waals surface area contributed by atoms with Crippen LogP contribution in [0.25, 0.3) is 0 Å². The van der Waals surface area contributed by atoms with Crippen molar-refractivity contribution in [1.82, 2.24) is 10.2 Å². The number of urea groups is 1. The third kappa shape index (κ3) is 4.33. The molecule has 1 saturated carbocycles. The lowest BCUT2D eigenvalue weighted by atomic mass is 9.79. The van der Waals surface area contributed by atoms with Crippen molar-refractivity contribution in [1.29, 1.82) is 0 Å². The smallest absolute Gasteiger partial charge is 0.318 e. The summed E-state index contributed by atoms with van der Waals surface area (Å²) in [5.41, 5.74) is -0.577. The van der Waals surface area contributed by atoms with Crippen molar-refractivity contribution in [2.45, 2.75) is 70.1 Å². The zero-order chi connectivity index (χ0) is 15.5. The van der Waals surface area contributed by atoms with E-state index in [1.54, 1.807) is 4.90 Å². The van der Waals surface area contributed by atoms with Gasteiger partial charge in [-0.05, 0) is 26.7 Å². The van der Waals surface area contributed by atoms with Gasteiger partial charge in [0.15, 0.2) is 0 Å². The predicted molar refractivity (Wildman–Crippen MR) is 78.2 cm³/mol. The van der Waals surface area contributed by atoms with Crippen LogP contribution >= 0.6 is 0 Å². The molecule has 21 heavy (non-hydrogen) atoms. The van der Waals surface area contributed by atoms with Crippen LogP contribution in [0.15, 0.2) is 0 Å². The Kier molecular flexibility index (Phi) is 5.08. The van der Waals surface area contributed by atoms with Crippen LogP contribution in [-0.4, -0.2) is 52.8 Å². The summed E-state index contributed by atoms with van der Waals surface area (Å²) in [4.78, 5) is 25.4. The molecule has 2 N–H and O–H groups in total. The molecular weight excluding hydrogens is 272 g/mol. The van der Waals surface area contributed by atoms with Crippen molar-refractivity contribution in [3.8, 4) is 0 Å². The standard InChI is InChI=1S/C15H26N2O4/c1-11-9-17(10-12(2)21-11)14(20)16-15(8-13(18)19)6-4-3-5-7-15/h11-12H,3-10H2,1-2H3,(H,16,20)(H,18,19)/t11-,12+. The number of carbonyl (C=O) groups excluding carboxylic acids is 1. The van der Waals surface area contributed by atoms with Gasteiger partial charge < -0.3 is 20.1 Å². The number of rotatable bonds is 3. The minimum atomic E-state index is -0.846. The molecule has 1 heterocycles. The highest BCUT2D eigenvalue weighted by Crippen LogP contribution is 2.31. The van der Waals surface area contributed by atoms with Crippen molar-refractivity contribution < 1.29 is 19.4 Å². The molecule has 120 valence electrons. The van der Waals surface area contributed by atoms with E-state index < -0.39 is 11.5 Å². The quantitative estimate of drug-likeness (QED) is 0.835. The molecule has 0 radical (unpaired) electrons. The van der Waals surface area contributed by atoms with Crippen LogP contribution in [0.1, 0.15) is 52.4 Å². The van der Waals surface area contributed by atoms with E-state index >= 15 is 0 Å². The summed E-state index contributed by atoms with van der Waals surface area (Å²) in [6.45, 7) is 5.01. The lowest BCUT2D eigenvalue weighted by Crippen LogP contribution is -2.58. The summed E-state index contributed by atoms with van der Waals surface area (Å²) in [5, 5.41) is 12.2. The van der Waals surface area contributed by atoms with E-state index in [9.17, 15) is 9.59 Å². The highest BCUT2D eigenvalue weighted by molar-refractivity contribution is 5.77. The van der Waals surface area contributed by atoms with Crippen molar-refractivity contribution in [3.63, 3.8) is 0 Å². The number of carbonyl (C=O) groups is 2. The molecule has 2 fully saturated rings. The zero-order valence-corrected chi connectivity index (χ0v) is 12.9. The molecule has 1 aliphatic carbocycles. The second-order valence-electron chi connectivity index (χ2n) is 6.50. The second kappa shape index (κ2) is 6.64. The molecule has 2 amide bonds. The Bertz CT molecular complexity index is 383. The van der Waals surface area contributed by atoms with Gasteiger partial charge in [-0.2, -0.15) is 0 Å². The van der Waals surface area contributed by atoms with E-state index in [2.05, 4.69) is 5.32 Å². The largest absolute Gasteiger partial charge is 0.481 e. The molecule has 0 aromatic rings. The molecule has 1 aliphatic heterocycles. The van der Waals surface area contributed by atoms with Gasteiger partial charge in [-0.15, -0.1) is 0 Å². The fourth-order valence-corrected chi connectivity index (χ4v) is 3.51. The normalized spacial score (nSPS) is 29.0. The number of aliphatic carboxylic acids is 1. The predicted octanol–water partition coefficient (Wildman–Crippen LogP) is 1.98. The molecule has 0 aromatic heterocycles. The maximum atomic E-state index is 12.5. The molecule has 0 bridgehead atoms. The molecule has 2 atom stereocenters. The Morgan fingerprint density at radius 2 is 1.76 bits per heavy atom. The number of ether oxygens (including phenoxy) is 1. The van der Waals surface area contributed by atoms with Gasteiger partial charge in [0.2, 0.25) is 0 Å². The van der Waals surface area contributed by atoms with E-state index in [1.807, 2.05) is 13.8 Å². The average Bonchev–Trinajstić information content (AvgIpc) is 2.37. The number of amides is 2. The Morgan fingerprint density at radius 1 is 1.19 bits per heavy atom. The van der Waals surface area contributed by atoms with Crippen LogP contribution in [0.2, 0.25) is 0 Å². The van der Waals surface area contributed by atoms with Crippen molar-refractivity contribution >= 4 is 12.0 Å². The monoisotopic (exact) mass is 298 g/mol. The van der Waals surface area contributed by atoms with Gasteiger partial charge in [0.1, 0.15) is 0 Å². The summed E-state index contributed by atoms with van der Waals surface area (Å²) >= 11 is 0. The van der Waals surface area contributed by atoms with Crippen LogP contribution in [-0.2, 0) is 9.53 Å². The summed E-state index contributed by atoms with van der Waals surface area (Å²) < 4.78 is 5.63. The SMILES string of the molecule is C[C@@H]1CN(C(=O)NC2(CC(=O)O)CCCCC2)C[C@H](C)O1. The van der Waals surface area contributed by atoms with Crippen LogP contribution < -0.4 is 5.32 Å². The number of hydrogen-bond donors (Lipinski definition) is 2. The average molecular weight is 298 g/mol. The highest BCUT2D eigenvalue weighted by atomic mass is 16.5. The van der Waals surface area contributed by atoms with Gasteiger partial charge in [-0.1, -0.05) is 19.3 Å². The van der Waals surface area contributed by atoms with Crippen LogP contribution in [0.5, 0.6) is 0 Å². The maximum absolute atomic E-state index is 12.5. The first-order valence-corrected chi connectivity index (χ1v) is 7.84. The Balaban J connectivity index is 2.01. The number of carboxylic acid groups (broad SMARTS) is 1. The van der Waals surface area contributed by atoms with E-state index in [1.165, 1.54) is 0 Å². The lowest BCUT2D eigenvalue weighted by Gasteiger charge is -2.41. The number of carboxylic acids is 1. The molecule has 1 saturated heterocycles. The van der Waals surface area contributed by atoms with Crippen LogP contribution in [0, 0.1) is 0 Å². The molecule has 0 unspecified atom stereocenters. The minimum absolute atomic E-state index is 0.00812. The molecule has 0 aromatic carbocycles. The first-order valence-electron chi connectivity index (χ1n) is 7.84. The highest BCUT2D eigenvalue weighted by Gasteiger charge is 2.38. The van der Waals surface area contributed by atoms with Crippen molar-refractivity contribution in [2.24, 2.45) is 0 Å². The molecule has 6 nitrogen and oxygen atoms in total. The third-order valence-electron chi connectivity index (χ3n) is 4.38. The molecule has 2 rings (SSSR count). The first-order chi connectivity index (χ1) is 9.90. The first kappa shape index (κ1) is 16.1. The number of nitrogens with zero attached hydrogens (tertiary/aromatic N) is 1. The van der Waals surface area contributed by atoms with Gasteiger partial charge in [0.05, 0.1) is 24.2 Å². The Hall–Kier alpha value is -1.30. The summed E-state index contributed by atoms with van der Waals surface area (Å²) in [5.74, 6) is -0.846. The molecular formula is C15H26N2O4. The van der Waals surface area contributed by atoms with E-state index in [-0.39, 0.29) is 24.7 Å². The topological polar surface area (TPSA) is 78.9 Å². The minimum Gasteiger partial charge on any atom is -0.481 e. The third-order valence-corrected chi connectivity index (χ3v) is 4.38. The van der Waals surface area contributed by atoms with Gasteiger partial charge in [-0.25, -0.2) is 4.79 Å². The maximum Gasteiger partial charge on any atom is 0.318 e. The van der Waals surface area contributed by atoms with Gasteiger partial charge >= 0.3 is 12.0 Å². The second-order valence-corrected chi connectivity index (χ2v) is 6.50. The van der Waals surface area contributed by atoms with E-state index in [0.29, 0.717) is 13.1 Å². The zero-order valence-electron chi connectivity index (χ0n) is 12.9. The molecule has 6 heteroatoms. The van der Waals surface area contributed by atoms with Gasteiger partial charge in [0.25, 0.3) is 0 Å². The number of morpholine rings is 1. The number of hydrogen-bond acceptors (Lipinski definition) is 3. The summed E-state index contributed by atoms with van der Waals surface area (Å²) in [7, 11) is 0. The summed E-state index contributed by atoms with van der Waals surface area (Å²) in [6.07, 6.45) is 4.60. The molecule has 0 spiro atoms. The van der Waals surface area contributed by atoms with E-state index in [4.69, 9.17) is 9.84 Å². The van der Waals surface area contributed by atoms with E-state index in [0.717, 1.165) is 32.1 Å². The van der Waals surface area contributed by atoms with Crippen LogP contribution in [0.4, 0.5) is 4.79 Å². The fraction of sp³-hybridized carbons (Fsp3) is 0.867.